The van der Waals surface area contributed by atoms with Gasteiger partial charge in [-0.3, -0.25) is 4.90 Å². The first kappa shape index (κ1) is 24.5. The van der Waals surface area contributed by atoms with Crippen LogP contribution in [0.25, 0.3) is 22.0 Å². The average molecular weight is 513 g/mol. The van der Waals surface area contributed by atoms with E-state index in [1.54, 1.807) is 12.3 Å². The molecular formula is C27H27ClF2N4O2. The van der Waals surface area contributed by atoms with Crippen LogP contribution < -0.4 is 10.5 Å². The zero-order valence-corrected chi connectivity index (χ0v) is 20.8. The van der Waals surface area contributed by atoms with E-state index in [9.17, 15) is 8.78 Å². The number of ether oxygens (including phenoxy) is 2. The number of fused-ring (bicyclic) bond motifs is 1. The minimum absolute atomic E-state index is 0.0772. The molecule has 0 radical (unpaired) electrons. The molecule has 0 amide bonds. The van der Waals surface area contributed by atoms with Crippen molar-refractivity contribution in [2.24, 2.45) is 0 Å². The van der Waals surface area contributed by atoms with Crippen LogP contribution in [0.3, 0.4) is 0 Å². The van der Waals surface area contributed by atoms with Crippen molar-refractivity contribution >= 4 is 28.3 Å². The van der Waals surface area contributed by atoms with E-state index in [1.165, 1.54) is 5.56 Å². The Morgan fingerprint density at radius 1 is 1.11 bits per heavy atom. The number of H-pyrrole nitrogens is 1. The predicted octanol–water partition coefficient (Wildman–Crippen LogP) is 5.93. The summed E-state index contributed by atoms with van der Waals surface area (Å²) in [6.07, 6.45) is 4.11. The van der Waals surface area contributed by atoms with Gasteiger partial charge in [0.1, 0.15) is 18.2 Å². The molecule has 0 aliphatic carbocycles. The number of nitrogens with one attached hydrogen (secondary N) is 1. The second kappa shape index (κ2) is 10.0. The third-order valence-corrected chi connectivity index (χ3v) is 6.79. The van der Waals surface area contributed by atoms with Crippen molar-refractivity contribution in [2.45, 2.75) is 39.2 Å². The number of aromatic amines is 1. The lowest BCUT2D eigenvalue weighted by Gasteiger charge is -2.35. The van der Waals surface area contributed by atoms with Gasteiger partial charge in [0.05, 0.1) is 17.2 Å². The fourth-order valence-electron chi connectivity index (χ4n) is 4.72. The summed E-state index contributed by atoms with van der Waals surface area (Å²) >= 11 is 5.92. The fourth-order valence-corrected chi connectivity index (χ4v) is 4.93. The van der Waals surface area contributed by atoms with E-state index in [0.29, 0.717) is 0 Å². The van der Waals surface area contributed by atoms with E-state index < -0.39 is 11.6 Å². The molecule has 1 aliphatic heterocycles. The SMILES string of the molecule is CC1CN(Cc2c[nH]c3ccc(-c4cnc(N)c(OCc5c(F)ccc(F)c5Cl)c4)cc23)CC(C)O1. The maximum Gasteiger partial charge on any atom is 0.166 e. The van der Waals surface area contributed by atoms with E-state index in [-0.39, 0.29) is 41.0 Å². The molecule has 1 saturated heterocycles. The lowest BCUT2D eigenvalue weighted by atomic mass is 10.0. The molecular weight excluding hydrogens is 486 g/mol. The molecule has 6 nitrogen and oxygen atoms in total. The molecule has 2 aromatic heterocycles. The molecule has 5 rings (SSSR count). The number of nitrogens with zero attached hydrogens (tertiary/aromatic N) is 2. The number of nitrogen functional groups attached to an aromatic ring is 1. The van der Waals surface area contributed by atoms with Crippen LogP contribution in [0.4, 0.5) is 14.6 Å². The first-order chi connectivity index (χ1) is 17.3. The van der Waals surface area contributed by atoms with Crippen LogP contribution in [-0.4, -0.2) is 40.2 Å². The van der Waals surface area contributed by atoms with Crippen molar-refractivity contribution in [3.63, 3.8) is 0 Å². The van der Waals surface area contributed by atoms with Gasteiger partial charge in [-0.1, -0.05) is 17.7 Å². The number of hydrogen-bond acceptors (Lipinski definition) is 5. The Labute approximate surface area is 213 Å². The molecule has 36 heavy (non-hydrogen) atoms. The highest BCUT2D eigenvalue weighted by molar-refractivity contribution is 6.31. The quantitative estimate of drug-likeness (QED) is 0.313. The molecule has 188 valence electrons. The molecule has 1 aliphatic rings. The van der Waals surface area contributed by atoms with Crippen molar-refractivity contribution in [3.8, 4) is 16.9 Å². The summed E-state index contributed by atoms with van der Waals surface area (Å²) in [6.45, 7) is 6.50. The second-order valence-electron chi connectivity index (χ2n) is 9.24. The number of hydrogen-bond donors (Lipinski definition) is 2. The average Bonchev–Trinajstić information content (AvgIpc) is 3.24. The van der Waals surface area contributed by atoms with Crippen LogP contribution in [0.1, 0.15) is 25.0 Å². The third kappa shape index (κ3) is 5.02. The molecule has 0 bridgehead atoms. The zero-order chi connectivity index (χ0) is 25.4. The highest BCUT2D eigenvalue weighted by atomic mass is 35.5. The highest BCUT2D eigenvalue weighted by Crippen LogP contribution is 2.32. The Kier molecular flexibility index (Phi) is 6.83. The van der Waals surface area contributed by atoms with Gasteiger partial charge in [0.2, 0.25) is 0 Å². The Balaban J connectivity index is 1.40. The van der Waals surface area contributed by atoms with Crippen molar-refractivity contribution < 1.29 is 18.3 Å². The minimum Gasteiger partial charge on any atom is -0.485 e. The van der Waals surface area contributed by atoms with Gasteiger partial charge in [-0.15, -0.1) is 0 Å². The van der Waals surface area contributed by atoms with Crippen LogP contribution in [-0.2, 0) is 17.9 Å². The van der Waals surface area contributed by atoms with Crippen LogP contribution in [0.2, 0.25) is 5.02 Å². The lowest BCUT2D eigenvalue weighted by molar-refractivity contribution is -0.0703. The van der Waals surface area contributed by atoms with Gasteiger partial charge in [0, 0.05) is 54.1 Å². The van der Waals surface area contributed by atoms with Gasteiger partial charge in [-0.2, -0.15) is 0 Å². The molecule has 2 atom stereocenters. The van der Waals surface area contributed by atoms with Gasteiger partial charge >= 0.3 is 0 Å². The molecule has 0 spiro atoms. The zero-order valence-electron chi connectivity index (χ0n) is 20.0. The second-order valence-corrected chi connectivity index (χ2v) is 9.62. The minimum atomic E-state index is -0.715. The predicted molar refractivity (Wildman–Crippen MR) is 137 cm³/mol. The van der Waals surface area contributed by atoms with Crippen molar-refractivity contribution in [1.29, 1.82) is 0 Å². The number of anilines is 1. The summed E-state index contributed by atoms with van der Waals surface area (Å²) in [5.74, 6) is -0.963. The molecule has 3 N–H and O–H groups in total. The third-order valence-electron chi connectivity index (χ3n) is 6.38. The first-order valence-electron chi connectivity index (χ1n) is 11.8. The molecule has 0 saturated carbocycles. The van der Waals surface area contributed by atoms with Crippen LogP contribution in [0, 0.1) is 11.6 Å². The Morgan fingerprint density at radius 2 is 1.86 bits per heavy atom. The van der Waals surface area contributed by atoms with Gasteiger partial charge in [0.25, 0.3) is 0 Å². The number of halogens is 3. The molecule has 9 heteroatoms. The smallest absolute Gasteiger partial charge is 0.166 e. The van der Waals surface area contributed by atoms with Crippen molar-refractivity contribution in [1.82, 2.24) is 14.9 Å². The lowest BCUT2D eigenvalue weighted by Crippen LogP contribution is -2.44. The maximum absolute atomic E-state index is 14.2. The number of morpholine rings is 1. The summed E-state index contributed by atoms with van der Waals surface area (Å²) < 4.78 is 39.5. The van der Waals surface area contributed by atoms with Gasteiger partial charge in [0.15, 0.2) is 11.6 Å². The molecule has 1 fully saturated rings. The van der Waals surface area contributed by atoms with E-state index in [4.69, 9.17) is 26.8 Å². The van der Waals surface area contributed by atoms with E-state index in [0.717, 1.165) is 53.8 Å². The summed E-state index contributed by atoms with van der Waals surface area (Å²) in [6, 6.07) is 9.85. The van der Waals surface area contributed by atoms with E-state index in [2.05, 4.69) is 34.8 Å². The standard InChI is InChI=1S/C27H27ClF2N4O2/c1-15-11-34(12-16(2)36-15)13-19-10-32-24-6-3-17(7-20(19)24)18-8-25(27(31)33-9-18)35-14-21-22(29)4-5-23(30)26(21)28/h3-10,15-16,32H,11-14H2,1-2H3,(H2,31,33). The summed E-state index contributed by atoms with van der Waals surface area (Å²) in [5.41, 5.74) is 9.88. The van der Waals surface area contributed by atoms with E-state index >= 15 is 0 Å². The number of benzene rings is 2. The molecule has 4 aromatic rings. The van der Waals surface area contributed by atoms with Crippen LogP contribution in [0.15, 0.2) is 48.8 Å². The van der Waals surface area contributed by atoms with Crippen molar-refractivity contribution in [2.75, 3.05) is 18.8 Å². The maximum atomic E-state index is 14.2. The molecule has 3 heterocycles. The summed E-state index contributed by atoms with van der Waals surface area (Å²) in [7, 11) is 0. The van der Waals surface area contributed by atoms with Gasteiger partial charge in [-0.25, -0.2) is 13.8 Å². The van der Waals surface area contributed by atoms with E-state index in [1.807, 2.05) is 18.3 Å². The Morgan fingerprint density at radius 3 is 2.64 bits per heavy atom. The van der Waals surface area contributed by atoms with Gasteiger partial charge in [-0.05, 0) is 55.3 Å². The highest BCUT2D eigenvalue weighted by Gasteiger charge is 2.23. The van der Waals surface area contributed by atoms with Crippen LogP contribution >= 0.6 is 11.6 Å². The Hall–Kier alpha value is -3.20. The summed E-state index contributed by atoms with van der Waals surface area (Å²) in [4.78, 5) is 10.0. The number of aromatic nitrogens is 2. The first-order valence-corrected chi connectivity index (χ1v) is 12.1. The number of rotatable bonds is 6. The Bertz CT molecular complexity index is 1400. The normalized spacial score (nSPS) is 18.6. The topological polar surface area (TPSA) is 76.4 Å². The molecule has 2 unspecified atom stereocenters. The monoisotopic (exact) mass is 512 g/mol. The summed E-state index contributed by atoms with van der Waals surface area (Å²) in [5, 5.41) is 0.805. The van der Waals surface area contributed by atoms with Gasteiger partial charge < -0.3 is 20.2 Å². The fraction of sp³-hybridized carbons (Fsp3) is 0.296. The van der Waals surface area contributed by atoms with Crippen LogP contribution in [0.5, 0.6) is 5.75 Å². The van der Waals surface area contributed by atoms with Crippen molar-refractivity contribution in [3.05, 3.63) is 76.6 Å². The largest absolute Gasteiger partial charge is 0.485 e. The number of pyridine rings is 1. The number of nitrogens with two attached hydrogens (primary N) is 1. The molecule has 2 aromatic carbocycles.